The van der Waals surface area contributed by atoms with Crippen molar-refractivity contribution in [2.24, 2.45) is 0 Å². The minimum Gasteiger partial charge on any atom is -0.478 e. The third-order valence-corrected chi connectivity index (χ3v) is 3.39. The Bertz CT molecular complexity index is 729. The number of aryl methyl sites for hydroxylation is 2. The normalized spacial score (nSPS) is 11.0. The minimum absolute atomic E-state index is 0.364. The molecule has 20 heavy (non-hydrogen) atoms. The molecule has 2 aromatic heterocycles. The number of hydrogen-bond donors (Lipinski definition) is 1. The lowest BCUT2D eigenvalue weighted by Crippen LogP contribution is -2.02. The zero-order valence-electron chi connectivity index (χ0n) is 10.9. The van der Waals surface area contributed by atoms with E-state index in [-0.39, 0.29) is 0 Å². The number of hydrogen-bond acceptors (Lipinski definition) is 2. The van der Waals surface area contributed by atoms with Crippen molar-refractivity contribution in [1.82, 2.24) is 14.1 Å². The summed E-state index contributed by atoms with van der Waals surface area (Å²) in [6.45, 7) is 1.65. The SMILES string of the molecule is O=C(O)c1cn(CCCn2ccnc2)c2ccccc12. The summed E-state index contributed by atoms with van der Waals surface area (Å²) in [5.74, 6) is -0.880. The van der Waals surface area contributed by atoms with Gasteiger partial charge in [0.15, 0.2) is 0 Å². The Balaban J connectivity index is 1.82. The van der Waals surface area contributed by atoms with E-state index in [1.165, 1.54) is 0 Å². The molecule has 5 nitrogen and oxygen atoms in total. The van der Waals surface area contributed by atoms with Crippen LogP contribution in [0.15, 0.2) is 49.2 Å². The first-order valence-electron chi connectivity index (χ1n) is 6.52. The van der Waals surface area contributed by atoms with Gasteiger partial charge in [0.1, 0.15) is 0 Å². The summed E-state index contributed by atoms with van der Waals surface area (Å²) in [5, 5.41) is 10.0. The van der Waals surface area contributed by atoms with Crippen molar-refractivity contribution >= 4 is 16.9 Å². The number of carboxylic acids is 1. The summed E-state index contributed by atoms with van der Waals surface area (Å²) in [4.78, 5) is 15.3. The Hall–Kier alpha value is -2.56. The number of fused-ring (bicyclic) bond motifs is 1. The van der Waals surface area contributed by atoms with E-state index in [9.17, 15) is 9.90 Å². The van der Waals surface area contributed by atoms with Gasteiger partial charge in [-0.3, -0.25) is 0 Å². The van der Waals surface area contributed by atoms with Crippen LogP contribution in [0.3, 0.4) is 0 Å². The fraction of sp³-hybridized carbons (Fsp3) is 0.200. The molecule has 0 unspecified atom stereocenters. The molecule has 0 aliphatic carbocycles. The largest absolute Gasteiger partial charge is 0.478 e. The number of carboxylic acid groups (broad SMARTS) is 1. The molecule has 1 N–H and O–H groups in total. The van der Waals surface area contributed by atoms with Crippen LogP contribution in [-0.4, -0.2) is 25.2 Å². The third kappa shape index (κ3) is 2.30. The highest BCUT2D eigenvalue weighted by Crippen LogP contribution is 2.21. The second-order valence-corrected chi connectivity index (χ2v) is 4.71. The van der Waals surface area contributed by atoms with Gasteiger partial charge in [-0.25, -0.2) is 9.78 Å². The summed E-state index contributed by atoms with van der Waals surface area (Å²) in [6.07, 6.45) is 8.12. The molecular formula is C15H15N3O2. The molecule has 102 valence electrons. The second kappa shape index (κ2) is 5.21. The highest BCUT2D eigenvalue weighted by molar-refractivity contribution is 6.03. The Morgan fingerprint density at radius 3 is 2.85 bits per heavy atom. The van der Waals surface area contributed by atoms with Crippen LogP contribution in [0.2, 0.25) is 0 Å². The third-order valence-electron chi connectivity index (χ3n) is 3.39. The van der Waals surface area contributed by atoms with Gasteiger partial charge in [0.25, 0.3) is 0 Å². The lowest BCUT2D eigenvalue weighted by molar-refractivity contribution is 0.0699. The van der Waals surface area contributed by atoms with E-state index in [2.05, 4.69) is 4.98 Å². The molecule has 1 aromatic carbocycles. The van der Waals surface area contributed by atoms with Crippen molar-refractivity contribution in [1.29, 1.82) is 0 Å². The number of para-hydroxylation sites is 1. The summed E-state index contributed by atoms with van der Waals surface area (Å²) < 4.78 is 4.03. The zero-order chi connectivity index (χ0) is 13.9. The molecular weight excluding hydrogens is 254 g/mol. The van der Waals surface area contributed by atoms with E-state index < -0.39 is 5.97 Å². The quantitative estimate of drug-likeness (QED) is 0.774. The van der Waals surface area contributed by atoms with Crippen molar-refractivity contribution < 1.29 is 9.90 Å². The molecule has 2 heterocycles. The molecule has 0 aliphatic heterocycles. The van der Waals surface area contributed by atoms with E-state index in [4.69, 9.17) is 0 Å². The van der Waals surface area contributed by atoms with E-state index >= 15 is 0 Å². The lowest BCUT2D eigenvalue weighted by Gasteiger charge is -2.05. The van der Waals surface area contributed by atoms with Crippen LogP contribution < -0.4 is 0 Å². The number of nitrogens with zero attached hydrogens (tertiary/aromatic N) is 3. The predicted octanol–water partition coefficient (Wildman–Crippen LogP) is 2.63. The highest BCUT2D eigenvalue weighted by Gasteiger charge is 2.13. The van der Waals surface area contributed by atoms with Gasteiger partial charge in [-0.2, -0.15) is 0 Å². The fourth-order valence-electron chi connectivity index (χ4n) is 2.44. The first-order valence-corrected chi connectivity index (χ1v) is 6.52. The van der Waals surface area contributed by atoms with Gasteiger partial charge in [-0.05, 0) is 12.5 Å². The van der Waals surface area contributed by atoms with Crippen LogP contribution in [0, 0.1) is 0 Å². The minimum atomic E-state index is -0.880. The highest BCUT2D eigenvalue weighted by atomic mass is 16.4. The first-order chi connectivity index (χ1) is 9.75. The van der Waals surface area contributed by atoms with Crippen LogP contribution in [0.25, 0.3) is 10.9 Å². The second-order valence-electron chi connectivity index (χ2n) is 4.71. The Labute approximate surface area is 116 Å². The van der Waals surface area contributed by atoms with Crippen molar-refractivity contribution in [3.05, 3.63) is 54.7 Å². The summed E-state index contributed by atoms with van der Waals surface area (Å²) in [6, 6.07) is 7.61. The summed E-state index contributed by atoms with van der Waals surface area (Å²) >= 11 is 0. The van der Waals surface area contributed by atoms with E-state index in [1.54, 1.807) is 18.7 Å². The Morgan fingerprint density at radius 1 is 1.25 bits per heavy atom. The zero-order valence-corrected chi connectivity index (χ0v) is 10.9. The number of aromatic nitrogens is 3. The van der Waals surface area contributed by atoms with Crippen molar-refractivity contribution in [2.45, 2.75) is 19.5 Å². The van der Waals surface area contributed by atoms with E-state index in [0.29, 0.717) is 5.56 Å². The van der Waals surface area contributed by atoms with Crippen LogP contribution in [0.4, 0.5) is 0 Å². The number of rotatable bonds is 5. The van der Waals surface area contributed by atoms with Crippen molar-refractivity contribution in [3.63, 3.8) is 0 Å². The van der Waals surface area contributed by atoms with Gasteiger partial charge < -0.3 is 14.2 Å². The number of aromatic carboxylic acids is 1. The Kier molecular flexibility index (Phi) is 3.25. The topological polar surface area (TPSA) is 60.0 Å². The van der Waals surface area contributed by atoms with Gasteiger partial charge in [-0.15, -0.1) is 0 Å². The van der Waals surface area contributed by atoms with Gasteiger partial charge >= 0.3 is 5.97 Å². The summed E-state index contributed by atoms with van der Waals surface area (Å²) in [7, 11) is 0. The van der Waals surface area contributed by atoms with Crippen LogP contribution in [0.5, 0.6) is 0 Å². The van der Waals surface area contributed by atoms with Crippen LogP contribution >= 0.6 is 0 Å². The lowest BCUT2D eigenvalue weighted by atomic mass is 10.2. The molecule has 0 saturated carbocycles. The first kappa shape index (κ1) is 12.5. The molecule has 3 aromatic rings. The predicted molar refractivity (Wildman–Crippen MR) is 75.7 cm³/mol. The molecule has 0 spiro atoms. The maximum absolute atomic E-state index is 11.3. The maximum Gasteiger partial charge on any atom is 0.337 e. The molecule has 0 aliphatic rings. The summed E-state index contributed by atoms with van der Waals surface area (Å²) in [5.41, 5.74) is 1.33. The van der Waals surface area contributed by atoms with E-state index in [0.717, 1.165) is 30.4 Å². The van der Waals surface area contributed by atoms with Crippen LogP contribution in [-0.2, 0) is 13.1 Å². The molecule has 0 bridgehead atoms. The van der Waals surface area contributed by atoms with Gasteiger partial charge in [0.2, 0.25) is 0 Å². The van der Waals surface area contributed by atoms with Gasteiger partial charge in [0, 0.05) is 42.6 Å². The average molecular weight is 269 g/mol. The van der Waals surface area contributed by atoms with Crippen molar-refractivity contribution in [2.75, 3.05) is 0 Å². The van der Waals surface area contributed by atoms with Gasteiger partial charge in [-0.1, -0.05) is 18.2 Å². The molecule has 0 amide bonds. The Morgan fingerprint density at radius 2 is 2.10 bits per heavy atom. The number of benzene rings is 1. The fourth-order valence-corrected chi connectivity index (χ4v) is 2.44. The number of imidazole rings is 1. The van der Waals surface area contributed by atoms with Crippen LogP contribution in [0.1, 0.15) is 16.8 Å². The van der Waals surface area contributed by atoms with E-state index in [1.807, 2.05) is 39.6 Å². The molecule has 0 atom stereocenters. The number of carbonyl (C=O) groups is 1. The molecule has 3 rings (SSSR count). The molecule has 5 heteroatoms. The van der Waals surface area contributed by atoms with Crippen molar-refractivity contribution in [3.8, 4) is 0 Å². The molecule has 0 saturated heterocycles. The maximum atomic E-state index is 11.3. The standard InChI is InChI=1S/C15H15N3O2/c19-15(20)13-10-18(14-5-2-1-4-12(13)14)8-3-7-17-9-6-16-11-17/h1-2,4-6,9-11H,3,7-8H2,(H,19,20). The molecule has 0 fully saturated rings. The van der Waals surface area contributed by atoms with Gasteiger partial charge in [0.05, 0.1) is 11.9 Å². The monoisotopic (exact) mass is 269 g/mol. The molecule has 0 radical (unpaired) electrons. The average Bonchev–Trinajstić information content (AvgIpc) is 3.07. The smallest absolute Gasteiger partial charge is 0.337 e.